The predicted octanol–water partition coefficient (Wildman–Crippen LogP) is 1.28. The Bertz CT molecular complexity index is 1380. The van der Waals surface area contributed by atoms with Gasteiger partial charge in [-0.15, -0.1) is 0 Å². The smallest absolute Gasteiger partial charge is 0.202 e. The van der Waals surface area contributed by atoms with Crippen molar-refractivity contribution in [2.45, 2.75) is 63.3 Å². The molecule has 0 bridgehead atoms. The van der Waals surface area contributed by atoms with Crippen molar-refractivity contribution in [1.82, 2.24) is 0 Å². The maximum atomic E-state index is 13.7. The quantitative estimate of drug-likeness (QED) is 0.293. The summed E-state index contributed by atoms with van der Waals surface area (Å²) >= 11 is 0. The van der Waals surface area contributed by atoms with Gasteiger partial charge in [-0.1, -0.05) is 19.1 Å². The Labute approximate surface area is 224 Å². The van der Waals surface area contributed by atoms with E-state index in [0.29, 0.717) is 6.42 Å². The third-order valence-corrected chi connectivity index (χ3v) is 8.18. The van der Waals surface area contributed by atoms with E-state index in [1.807, 2.05) is 6.92 Å². The fourth-order valence-corrected chi connectivity index (χ4v) is 5.97. The van der Waals surface area contributed by atoms with Gasteiger partial charge in [-0.3, -0.25) is 14.4 Å². The van der Waals surface area contributed by atoms with E-state index in [4.69, 9.17) is 19.9 Å². The van der Waals surface area contributed by atoms with Gasteiger partial charge in [0.1, 0.15) is 29.5 Å². The second-order valence-electron chi connectivity index (χ2n) is 10.6. The minimum atomic E-state index is -2.18. The summed E-state index contributed by atoms with van der Waals surface area (Å²) < 4.78 is 17.4. The van der Waals surface area contributed by atoms with E-state index in [1.165, 1.54) is 25.3 Å². The summed E-state index contributed by atoms with van der Waals surface area (Å²) in [5, 5.41) is 43.7. The minimum Gasteiger partial charge on any atom is -0.507 e. The maximum absolute atomic E-state index is 13.7. The average Bonchev–Trinajstić information content (AvgIpc) is 2.90. The van der Waals surface area contributed by atoms with E-state index in [9.17, 15) is 34.8 Å². The van der Waals surface area contributed by atoms with Gasteiger partial charge in [-0.25, -0.2) is 0 Å². The van der Waals surface area contributed by atoms with Crippen LogP contribution in [0.2, 0.25) is 0 Å². The first kappa shape index (κ1) is 27.2. The zero-order valence-electron chi connectivity index (χ0n) is 21.8. The van der Waals surface area contributed by atoms with Gasteiger partial charge in [-0.05, 0) is 18.9 Å². The number of aromatic hydroxyl groups is 2. The third-order valence-electron chi connectivity index (χ3n) is 8.18. The van der Waals surface area contributed by atoms with Crippen molar-refractivity contribution in [2.24, 2.45) is 11.7 Å². The van der Waals surface area contributed by atoms with E-state index >= 15 is 0 Å². The SMILES string of the molecule is COc1cccc2c1C(=O)c1c(O)c3c(c(O)c1C2=O)C[C@@](O)(C(=O)CO)CC3O[C@H]1CC(C)[C@@H](N)C(C)O1. The van der Waals surface area contributed by atoms with Crippen LogP contribution in [-0.2, 0) is 20.7 Å². The monoisotopic (exact) mass is 541 g/mol. The normalized spacial score (nSPS) is 29.8. The molecule has 0 aromatic heterocycles. The van der Waals surface area contributed by atoms with E-state index in [-0.39, 0.29) is 46.1 Å². The van der Waals surface area contributed by atoms with Crippen LogP contribution in [0, 0.1) is 5.92 Å². The molecule has 1 saturated heterocycles. The molecule has 2 aromatic carbocycles. The highest BCUT2D eigenvalue weighted by atomic mass is 16.7. The molecule has 208 valence electrons. The van der Waals surface area contributed by atoms with Crippen molar-refractivity contribution >= 4 is 17.3 Å². The van der Waals surface area contributed by atoms with Crippen LogP contribution in [0.3, 0.4) is 0 Å². The first-order chi connectivity index (χ1) is 18.4. The molecule has 3 unspecified atom stereocenters. The van der Waals surface area contributed by atoms with Crippen molar-refractivity contribution in [3.63, 3.8) is 0 Å². The van der Waals surface area contributed by atoms with Crippen molar-refractivity contribution in [3.8, 4) is 17.2 Å². The summed E-state index contributed by atoms with van der Waals surface area (Å²) in [6.07, 6.45) is -3.04. The number of nitrogens with two attached hydrogens (primary N) is 1. The zero-order valence-corrected chi connectivity index (χ0v) is 21.8. The number of Topliss-reactive ketones (excluding diaryl/α,β-unsaturated/α-hetero) is 1. The van der Waals surface area contributed by atoms with Gasteiger partial charge < -0.3 is 40.4 Å². The molecule has 2 aliphatic carbocycles. The number of benzene rings is 2. The van der Waals surface area contributed by atoms with Gasteiger partial charge in [0.05, 0.1) is 36.0 Å². The Morgan fingerprint density at radius 1 is 1.13 bits per heavy atom. The van der Waals surface area contributed by atoms with Gasteiger partial charge in [0.25, 0.3) is 0 Å². The number of carbonyl (C=O) groups is 3. The van der Waals surface area contributed by atoms with E-state index in [0.717, 1.165) is 0 Å². The van der Waals surface area contributed by atoms with E-state index < -0.39 is 77.4 Å². The lowest BCUT2D eigenvalue weighted by Crippen LogP contribution is -2.50. The number of ether oxygens (including phenoxy) is 3. The lowest BCUT2D eigenvalue weighted by Gasteiger charge is -2.42. The topological polar surface area (TPSA) is 186 Å². The molecule has 11 nitrogen and oxygen atoms in total. The van der Waals surface area contributed by atoms with Crippen LogP contribution in [0.15, 0.2) is 18.2 Å². The Morgan fingerprint density at radius 2 is 1.82 bits per heavy atom. The summed E-state index contributed by atoms with van der Waals surface area (Å²) in [4.78, 5) is 39.8. The van der Waals surface area contributed by atoms with Crippen LogP contribution in [0.5, 0.6) is 17.2 Å². The molecule has 3 aliphatic rings. The molecule has 6 atom stereocenters. The summed E-state index contributed by atoms with van der Waals surface area (Å²) in [6, 6.07) is 4.18. The number of phenols is 2. The van der Waals surface area contributed by atoms with Gasteiger partial charge >= 0.3 is 0 Å². The molecular formula is C28H31NO10. The van der Waals surface area contributed by atoms with Crippen LogP contribution in [-0.4, -0.2) is 75.5 Å². The molecule has 1 aliphatic heterocycles. The Hall–Kier alpha value is -3.35. The summed E-state index contributed by atoms with van der Waals surface area (Å²) in [7, 11) is 1.34. The van der Waals surface area contributed by atoms with Gasteiger partial charge in [0, 0.05) is 42.0 Å². The molecule has 1 heterocycles. The molecule has 0 amide bonds. The summed E-state index contributed by atoms with van der Waals surface area (Å²) in [5.74, 6) is -3.54. The molecular weight excluding hydrogens is 510 g/mol. The number of rotatable bonds is 5. The number of ketones is 3. The molecule has 11 heteroatoms. The number of aliphatic hydroxyl groups excluding tert-OH is 1. The number of aliphatic hydroxyl groups is 2. The van der Waals surface area contributed by atoms with Crippen LogP contribution in [0.1, 0.15) is 75.8 Å². The fraction of sp³-hybridized carbons (Fsp3) is 0.464. The molecule has 0 radical (unpaired) electrons. The largest absolute Gasteiger partial charge is 0.507 e. The Kier molecular flexibility index (Phi) is 6.76. The number of hydrogen-bond acceptors (Lipinski definition) is 11. The standard InChI is InChI=1S/C28H31NO10/c1-11-7-18(38-12(2)23(11)29)39-16-9-28(36,17(31)10-30)8-14-20(16)27(35)22-21(25(14)33)24(32)13-5-4-6-15(37-3)19(13)26(22)34/h4-6,11-12,16,18,23,30,33,35-36H,7-10,29H2,1-3H3/t11?,12?,16?,18-,23+,28-/m0/s1. The van der Waals surface area contributed by atoms with Gasteiger partial charge in [0.15, 0.2) is 17.9 Å². The lowest BCUT2D eigenvalue weighted by atomic mass is 9.72. The van der Waals surface area contributed by atoms with Crippen molar-refractivity contribution in [3.05, 3.63) is 51.6 Å². The van der Waals surface area contributed by atoms with E-state index in [2.05, 4.69) is 0 Å². The summed E-state index contributed by atoms with van der Waals surface area (Å²) in [6.45, 7) is 2.73. The lowest BCUT2D eigenvalue weighted by molar-refractivity contribution is -0.235. The van der Waals surface area contributed by atoms with Crippen LogP contribution in [0.25, 0.3) is 0 Å². The molecule has 6 N–H and O–H groups in total. The van der Waals surface area contributed by atoms with Crippen molar-refractivity contribution < 1.29 is 49.0 Å². The number of fused-ring (bicyclic) bond motifs is 3. The highest BCUT2D eigenvalue weighted by Crippen LogP contribution is 2.52. The second kappa shape index (κ2) is 9.68. The fourth-order valence-electron chi connectivity index (χ4n) is 5.97. The number of hydrogen-bond donors (Lipinski definition) is 5. The highest BCUT2D eigenvalue weighted by molar-refractivity contribution is 6.31. The average molecular weight is 542 g/mol. The predicted molar refractivity (Wildman–Crippen MR) is 135 cm³/mol. The molecule has 5 rings (SSSR count). The van der Waals surface area contributed by atoms with Crippen LogP contribution >= 0.6 is 0 Å². The molecule has 39 heavy (non-hydrogen) atoms. The first-order valence-electron chi connectivity index (χ1n) is 12.7. The van der Waals surface area contributed by atoms with Crippen LogP contribution < -0.4 is 10.5 Å². The maximum Gasteiger partial charge on any atom is 0.202 e. The number of carbonyl (C=O) groups excluding carboxylic acids is 3. The van der Waals surface area contributed by atoms with E-state index in [1.54, 1.807) is 6.92 Å². The second-order valence-corrected chi connectivity index (χ2v) is 10.6. The number of phenolic OH excluding ortho intramolecular Hbond substituents is 2. The molecule has 2 aromatic rings. The van der Waals surface area contributed by atoms with Gasteiger partial charge in [-0.2, -0.15) is 0 Å². The van der Waals surface area contributed by atoms with Crippen molar-refractivity contribution in [1.29, 1.82) is 0 Å². The first-order valence-corrected chi connectivity index (χ1v) is 12.7. The Morgan fingerprint density at radius 3 is 2.46 bits per heavy atom. The minimum absolute atomic E-state index is 0.00605. The van der Waals surface area contributed by atoms with Crippen LogP contribution in [0.4, 0.5) is 0 Å². The zero-order chi connectivity index (χ0) is 28.4. The molecule has 0 saturated carbocycles. The number of methoxy groups -OCH3 is 1. The molecule has 1 fully saturated rings. The highest BCUT2D eigenvalue weighted by Gasteiger charge is 2.50. The van der Waals surface area contributed by atoms with Gasteiger partial charge in [0.2, 0.25) is 5.78 Å². The van der Waals surface area contributed by atoms with Crippen molar-refractivity contribution in [2.75, 3.05) is 13.7 Å². The third kappa shape index (κ3) is 4.12. The summed E-state index contributed by atoms with van der Waals surface area (Å²) in [5.41, 5.74) is 2.85. The molecule has 0 spiro atoms. The Balaban J connectivity index is 1.69.